The van der Waals surface area contributed by atoms with Crippen LogP contribution in [0.5, 0.6) is 0 Å². The van der Waals surface area contributed by atoms with Crippen LogP contribution >= 0.6 is 0 Å². The number of nitrogens with zero attached hydrogens (tertiary/aromatic N) is 3. The van der Waals surface area contributed by atoms with Crippen LogP contribution in [0.3, 0.4) is 0 Å². The number of amides is 7. The Balaban J connectivity index is 1.38. The molecule has 1 aliphatic heterocycles. The molecule has 1 saturated heterocycles. The number of primary amides is 1. The number of hydrogen-bond acceptors (Lipinski definition) is 10. The Kier molecular flexibility index (Phi) is 15.9. The van der Waals surface area contributed by atoms with Crippen LogP contribution in [0.1, 0.15) is 58.6 Å². The number of likely N-dealkylation sites (tertiary alicyclic amines) is 1. The van der Waals surface area contributed by atoms with Crippen molar-refractivity contribution in [1.29, 1.82) is 0 Å². The highest BCUT2D eigenvalue weighted by atomic mass is 16.3. The Morgan fingerprint density at radius 1 is 0.741 bits per heavy atom. The Morgan fingerprint density at radius 3 is 1.98 bits per heavy atom. The minimum atomic E-state index is -1.47. The van der Waals surface area contributed by atoms with Crippen molar-refractivity contribution < 1.29 is 38.7 Å². The average Bonchev–Trinajstić information content (AvgIpc) is 3.69. The summed E-state index contributed by atoms with van der Waals surface area (Å²) in [4.78, 5) is 102. The van der Waals surface area contributed by atoms with E-state index < -0.39 is 89.6 Å². The number of nitrogens with one attached hydrogen (secondary N) is 5. The number of aliphatic hydroxyl groups excluding tert-OH is 1. The molecule has 7 atom stereocenters. The maximum absolute atomic E-state index is 13.9. The van der Waals surface area contributed by atoms with Crippen molar-refractivity contribution in [2.24, 2.45) is 11.7 Å². The third-order valence-corrected chi connectivity index (χ3v) is 9.71. The fourth-order valence-electron chi connectivity index (χ4n) is 6.55. The lowest BCUT2D eigenvalue weighted by molar-refractivity contribution is -0.144. The summed E-state index contributed by atoms with van der Waals surface area (Å²) in [7, 11) is 0. The first-order chi connectivity index (χ1) is 27.5. The van der Waals surface area contributed by atoms with Crippen LogP contribution in [0.25, 0.3) is 11.4 Å². The summed E-state index contributed by atoms with van der Waals surface area (Å²) in [5.41, 5.74) is 8.23. The number of benzene rings is 1. The van der Waals surface area contributed by atoms with Gasteiger partial charge in [0, 0.05) is 38.7 Å². The molecular weight excluding hydrogens is 747 g/mol. The van der Waals surface area contributed by atoms with Gasteiger partial charge in [0.15, 0.2) is 0 Å². The highest BCUT2D eigenvalue weighted by molar-refractivity contribution is 5.97. The van der Waals surface area contributed by atoms with Gasteiger partial charge in [-0.25, -0.2) is 0 Å². The molecule has 0 aliphatic carbocycles. The molecule has 0 spiro atoms. The third kappa shape index (κ3) is 12.4. The first kappa shape index (κ1) is 44.5. The number of carbonyl (C=O) groups is 7. The Morgan fingerprint density at radius 2 is 1.40 bits per heavy atom. The summed E-state index contributed by atoms with van der Waals surface area (Å²) < 4.78 is 0. The van der Waals surface area contributed by atoms with E-state index in [0.29, 0.717) is 23.4 Å². The lowest BCUT2D eigenvalue weighted by Crippen LogP contribution is -2.61. The largest absolute Gasteiger partial charge is 0.391 e. The molecule has 17 heteroatoms. The van der Waals surface area contributed by atoms with Crippen molar-refractivity contribution in [3.8, 4) is 11.4 Å². The van der Waals surface area contributed by atoms with Crippen LogP contribution in [0.4, 0.5) is 0 Å². The van der Waals surface area contributed by atoms with E-state index in [4.69, 9.17) is 5.73 Å². The lowest BCUT2D eigenvalue weighted by atomic mass is 10.0. The van der Waals surface area contributed by atoms with Gasteiger partial charge in [0.2, 0.25) is 41.4 Å². The van der Waals surface area contributed by atoms with E-state index >= 15 is 0 Å². The van der Waals surface area contributed by atoms with Crippen molar-refractivity contribution >= 4 is 41.4 Å². The molecule has 58 heavy (non-hydrogen) atoms. The molecule has 0 radical (unpaired) electrons. The summed E-state index contributed by atoms with van der Waals surface area (Å²) in [6.07, 6.45) is 2.67. The molecule has 310 valence electrons. The first-order valence-electron chi connectivity index (χ1n) is 19.2. The summed E-state index contributed by atoms with van der Waals surface area (Å²) in [6, 6.07) is 11.0. The summed E-state index contributed by atoms with van der Waals surface area (Å²) in [5, 5.41) is 23.7. The van der Waals surface area contributed by atoms with Gasteiger partial charge in [-0.15, -0.1) is 0 Å². The van der Waals surface area contributed by atoms with Crippen molar-refractivity contribution in [2.45, 2.75) is 103 Å². The standard InChI is InChI=1S/C41H53N9O8/c1-23(2)34(40(57)47-31(36(42)53)20-27-12-7-6-8-13-27)48-37(54)24(3)45-39(56)33-15-11-19-50(33)41(58)35(25(4)51)49-38(55)32(46-26(5)52)21-28-16-17-30(44-22-28)29-14-9-10-18-43-29/h6-10,12-14,16-18,22-25,31-35,51H,11,15,19-21H2,1-5H3,(H2,42,53)(H,45,56)(H,46,52)(H,47,57)(H,48,54)(H,49,55)/t24-,25-,31+,32+,33+,34+,35+/m1/s1. The molecule has 0 unspecified atom stereocenters. The first-order valence-corrected chi connectivity index (χ1v) is 19.2. The molecular formula is C41H53N9O8. The normalized spacial score (nSPS) is 16.8. The number of hydrogen-bond donors (Lipinski definition) is 7. The number of carbonyl (C=O) groups excluding carboxylic acids is 7. The second kappa shape index (κ2) is 20.8. The molecule has 1 aliphatic rings. The van der Waals surface area contributed by atoms with Crippen molar-refractivity contribution in [3.63, 3.8) is 0 Å². The van der Waals surface area contributed by atoms with E-state index in [1.807, 2.05) is 12.1 Å². The molecule has 0 saturated carbocycles. The van der Waals surface area contributed by atoms with Gasteiger partial charge in [-0.1, -0.05) is 56.3 Å². The van der Waals surface area contributed by atoms with E-state index in [1.165, 1.54) is 25.7 Å². The van der Waals surface area contributed by atoms with Gasteiger partial charge in [-0.05, 0) is 61.9 Å². The van der Waals surface area contributed by atoms with E-state index in [2.05, 4.69) is 36.6 Å². The number of aromatic nitrogens is 2. The maximum Gasteiger partial charge on any atom is 0.248 e. The molecule has 0 bridgehead atoms. The van der Waals surface area contributed by atoms with Gasteiger partial charge < -0.3 is 42.3 Å². The summed E-state index contributed by atoms with van der Waals surface area (Å²) in [5.74, 6) is -5.07. The fraction of sp³-hybridized carbons (Fsp3) is 0.439. The molecule has 17 nitrogen and oxygen atoms in total. The minimum absolute atomic E-state index is 0.0229. The van der Waals surface area contributed by atoms with Gasteiger partial charge in [0.1, 0.15) is 36.3 Å². The number of pyridine rings is 2. The molecule has 3 heterocycles. The van der Waals surface area contributed by atoms with Crippen molar-refractivity contribution in [1.82, 2.24) is 41.5 Å². The summed E-state index contributed by atoms with van der Waals surface area (Å²) in [6.45, 7) is 7.55. The SMILES string of the molecule is CC(=O)N[C@@H](Cc1ccc(-c2ccccn2)nc1)C(=O)N[C@H](C(=O)N1CCC[C@H]1C(=O)N[C@H](C)C(=O)N[C@H](C(=O)N[C@@H](Cc1ccccc1)C(N)=O)C(C)C)[C@@H](C)O. The quantitative estimate of drug-likeness (QED) is 0.0900. The average molecular weight is 800 g/mol. The highest BCUT2D eigenvalue weighted by Gasteiger charge is 2.41. The fourth-order valence-corrected chi connectivity index (χ4v) is 6.55. The monoisotopic (exact) mass is 799 g/mol. The van der Waals surface area contributed by atoms with Crippen LogP contribution in [0, 0.1) is 5.92 Å². The van der Waals surface area contributed by atoms with E-state index in [-0.39, 0.29) is 25.8 Å². The zero-order valence-electron chi connectivity index (χ0n) is 33.3. The van der Waals surface area contributed by atoms with E-state index in [0.717, 1.165) is 5.56 Å². The third-order valence-electron chi connectivity index (χ3n) is 9.71. The minimum Gasteiger partial charge on any atom is -0.391 e. The zero-order chi connectivity index (χ0) is 42.5. The second-order valence-corrected chi connectivity index (χ2v) is 14.8. The van der Waals surface area contributed by atoms with Gasteiger partial charge in [0.25, 0.3) is 0 Å². The topological polar surface area (TPSA) is 255 Å². The van der Waals surface area contributed by atoms with Crippen LogP contribution in [0.2, 0.25) is 0 Å². The Bertz CT molecular complexity index is 1910. The van der Waals surface area contributed by atoms with E-state index in [9.17, 15) is 38.7 Å². The van der Waals surface area contributed by atoms with Crippen LogP contribution in [-0.2, 0) is 46.4 Å². The Hall–Kier alpha value is -6.23. The predicted molar refractivity (Wildman–Crippen MR) is 213 cm³/mol. The molecule has 3 aromatic rings. The van der Waals surface area contributed by atoms with Gasteiger partial charge in [-0.3, -0.25) is 43.5 Å². The van der Waals surface area contributed by atoms with Crippen molar-refractivity contribution in [2.75, 3.05) is 6.54 Å². The zero-order valence-corrected chi connectivity index (χ0v) is 33.3. The van der Waals surface area contributed by atoms with Crippen LogP contribution in [0.15, 0.2) is 73.1 Å². The number of aliphatic hydroxyl groups is 1. The number of nitrogens with two attached hydrogens (primary N) is 1. The maximum atomic E-state index is 13.9. The van der Waals surface area contributed by atoms with Crippen LogP contribution < -0.4 is 32.3 Å². The summed E-state index contributed by atoms with van der Waals surface area (Å²) >= 11 is 0. The smallest absolute Gasteiger partial charge is 0.248 e. The van der Waals surface area contributed by atoms with Crippen LogP contribution in [-0.4, -0.2) is 110 Å². The molecule has 8 N–H and O–H groups in total. The molecule has 1 fully saturated rings. The second-order valence-electron chi connectivity index (χ2n) is 14.8. The molecule has 7 amide bonds. The lowest BCUT2D eigenvalue weighted by Gasteiger charge is -2.31. The highest BCUT2D eigenvalue weighted by Crippen LogP contribution is 2.20. The predicted octanol–water partition coefficient (Wildman–Crippen LogP) is -0.0943. The van der Waals surface area contributed by atoms with E-state index in [1.54, 1.807) is 74.8 Å². The molecule has 1 aromatic carbocycles. The van der Waals surface area contributed by atoms with Gasteiger partial charge in [0.05, 0.1) is 17.5 Å². The number of rotatable bonds is 18. The van der Waals surface area contributed by atoms with Gasteiger partial charge in [-0.2, -0.15) is 0 Å². The van der Waals surface area contributed by atoms with Crippen molar-refractivity contribution in [3.05, 3.63) is 84.2 Å². The molecule has 4 rings (SSSR count). The molecule has 2 aromatic heterocycles. The Labute approximate surface area is 337 Å². The van der Waals surface area contributed by atoms with Gasteiger partial charge >= 0.3 is 0 Å².